The number of urea groups is 1. The second-order valence-electron chi connectivity index (χ2n) is 11.2. The number of amides is 2. The zero-order valence-electron chi connectivity index (χ0n) is 23.0. The fraction of sp³-hybridized carbons (Fsp3) is 0.438. The number of benzene rings is 2. The van der Waals surface area contributed by atoms with Crippen molar-refractivity contribution in [2.75, 3.05) is 41.8 Å². The summed E-state index contributed by atoms with van der Waals surface area (Å²) in [5.41, 5.74) is 5.39. The smallest absolute Gasteiger partial charge is 0.323 e. The topological polar surface area (TPSA) is 90.0 Å². The first-order valence-corrected chi connectivity index (χ1v) is 14.6. The number of aromatic nitrogens is 1. The second kappa shape index (κ2) is 12.3. The number of aliphatic hydroxyl groups is 1. The van der Waals surface area contributed by atoms with Crippen molar-refractivity contribution >= 4 is 23.1 Å². The Hall–Kier alpha value is -3.62. The van der Waals surface area contributed by atoms with E-state index in [1.54, 1.807) is 12.3 Å². The SMILES string of the molecule is O=C(Nc1ccc(N2CCC(N(CCO)C3Cc4ccccc4C3)C2)cc1)Nc1ccc(OC2CCCC2)nc1.[HH]. The molecule has 0 spiro atoms. The highest BCUT2D eigenvalue weighted by Gasteiger charge is 2.34. The largest absolute Gasteiger partial charge is 0.474 e. The van der Waals surface area contributed by atoms with E-state index < -0.39 is 0 Å². The summed E-state index contributed by atoms with van der Waals surface area (Å²) in [7, 11) is 0. The van der Waals surface area contributed by atoms with Gasteiger partial charge in [0.15, 0.2) is 0 Å². The van der Waals surface area contributed by atoms with E-state index in [9.17, 15) is 9.90 Å². The van der Waals surface area contributed by atoms with Gasteiger partial charge in [-0.05, 0) is 86.4 Å². The lowest BCUT2D eigenvalue weighted by Crippen LogP contribution is -2.46. The lowest BCUT2D eigenvalue weighted by atomic mass is 10.1. The van der Waals surface area contributed by atoms with E-state index in [1.165, 1.54) is 24.0 Å². The minimum absolute atomic E-state index is 0. The van der Waals surface area contributed by atoms with E-state index in [0.29, 0.717) is 30.2 Å². The average molecular weight is 544 g/mol. The van der Waals surface area contributed by atoms with Gasteiger partial charge in [0.2, 0.25) is 5.88 Å². The van der Waals surface area contributed by atoms with Gasteiger partial charge in [0.05, 0.1) is 18.5 Å². The first-order valence-electron chi connectivity index (χ1n) is 14.6. The molecule has 3 N–H and O–H groups in total. The molecule has 8 heteroatoms. The highest BCUT2D eigenvalue weighted by Crippen LogP contribution is 2.31. The van der Waals surface area contributed by atoms with Crippen LogP contribution in [0.2, 0.25) is 0 Å². The predicted molar refractivity (Wildman–Crippen MR) is 160 cm³/mol. The molecular formula is C32H41N5O3. The zero-order chi connectivity index (χ0) is 27.3. The second-order valence-corrected chi connectivity index (χ2v) is 11.2. The van der Waals surface area contributed by atoms with Crippen LogP contribution in [0.4, 0.5) is 21.9 Å². The maximum absolute atomic E-state index is 12.6. The van der Waals surface area contributed by atoms with Gasteiger partial charge in [-0.15, -0.1) is 0 Å². The Balaban J connectivity index is 0.00000337. The lowest BCUT2D eigenvalue weighted by Gasteiger charge is -2.34. The molecule has 1 aromatic heterocycles. The standard InChI is InChI=1S/C32H39N5O3.H2/c38-18-17-37(29-19-23-5-1-2-6-24(23)20-29)28-15-16-36(22-28)27-12-9-25(10-13-27)34-32(39)35-26-11-14-31(33-21-26)40-30-7-3-4-8-30;/h1-2,5-6,9-14,21,28-30,38H,3-4,7-8,15-20,22H2,(H2,34,35,39);1H. The summed E-state index contributed by atoms with van der Waals surface area (Å²) >= 11 is 0. The number of nitrogens with one attached hydrogen (secondary N) is 2. The summed E-state index contributed by atoms with van der Waals surface area (Å²) in [4.78, 5) is 21.8. The van der Waals surface area contributed by atoms with Crippen LogP contribution >= 0.6 is 0 Å². The number of fused-ring (bicyclic) bond motifs is 1. The maximum atomic E-state index is 12.6. The van der Waals surface area contributed by atoms with Crippen LogP contribution in [0.5, 0.6) is 5.88 Å². The minimum Gasteiger partial charge on any atom is -0.474 e. The molecule has 2 aliphatic carbocycles. The molecule has 2 fully saturated rings. The Kier molecular flexibility index (Phi) is 8.16. The Morgan fingerprint density at radius 1 is 0.950 bits per heavy atom. The van der Waals surface area contributed by atoms with Crippen LogP contribution in [0, 0.1) is 0 Å². The van der Waals surface area contributed by atoms with Gasteiger partial charge in [0.25, 0.3) is 0 Å². The van der Waals surface area contributed by atoms with Gasteiger partial charge in [-0.2, -0.15) is 0 Å². The molecule has 3 aliphatic rings. The first-order chi connectivity index (χ1) is 19.6. The molecule has 40 heavy (non-hydrogen) atoms. The fourth-order valence-electron chi connectivity index (χ4n) is 6.55. The van der Waals surface area contributed by atoms with E-state index in [0.717, 1.165) is 56.6 Å². The number of anilines is 3. The number of rotatable bonds is 9. The Morgan fingerprint density at radius 2 is 1.65 bits per heavy atom. The van der Waals surface area contributed by atoms with Crippen molar-refractivity contribution in [2.24, 2.45) is 0 Å². The van der Waals surface area contributed by atoms with Gasteiger partial charge < -0.3 is 25.4 Å². The molecule has 1 saturated carbocycles. The van der Waals surface area contributed by atoms with Crippen molar-refractivity contribution in [1.82, 2.24) is 9.88 Å². The van der Waals surface area contributed by atoms with Crippen molar-refractivity contribution in [2.45, 2.75) is 63.1 Å². The molecule has 1 atom stereocenters. The molecule has 8 nitrogen and oxygen atoms in total. The highest BCUT2D eigenvalue weighted by atomic mass is 16.5. The van der Waals surface area contributed by atoms with Crippen LogP contribution in [-0.2, 0) is 12.8 Å². The highest BCUT2D eigenvalue weighted by molar-refractivity contribution is 5.99. The van der Waals surface area contributed by atoms with Crippen molar-refractivity contribution in [3.05, 3.63) is 78.0 Å². The van der Waals surface area contributed by atoms with Gasteiger partial charge in [0.1, 0.15) is 6.10 Å². The van der Waals surface area contributed by atoms with Crippen LogP contribution in [0.25, 0.3) is 0 Å². The van der Waals surface area contributed by atoms with Crippen LogP contribution in [0.3, 0.4) is 0 Å². The monoisotopic (exact) mass is 543 g/mol. The molecule has 2 aromatic carbocycles. The number of hydrogen-bond donors (Lipinski definition) is 3. The molecule has 0 bridgehead atoms. The van der Waals surface area contributed by atoms with Crippen LogP contribution in [0.15, 0.2) is 66.9 Å². The summed E-state index contributed by atoms with van der Waals surface area (Å²) < 4.78 is 5.90. The van der Waals surface area contributed by atoms with E-state index >= 15 is 0 Å². The van der Waals surface area contributed by atoms with Gasteiger partial charge in [-0.3, -0.25) is 4.90 Å². The molecule has 2 heterocycles. The van der Waals surface area contributed by atoms with E-state index in [-0.39, 0.29) is 20.2 Å². The van der Waals surface area contributed by atoms with Crippen LogP contribution in [0.1, 0.15) is 44.7 Å². The Morgan fingerprint density at radius 3 is 2.33 bits per heavy atom. The molecule has 1 saturated heterocycles. The van der Waals surface area contributed by atoms with Crippen LogP contribution < -0.4 is 20.3 Å². The molecule has 3 aromatic rings. The number of hydrogen-bond acceptors (Lipinski definition) is 6. The predicted octanol–water partition coefficient (Wildman–Crippen LogP) is 5.33. The summed E-state index contributed by atoms with van der Waals surface area (Å²) in [5.74, 6) is 0.602. The van der Waals surface area contributed by atoms with E-state index in [1.807, 2.05) is 18.2 Å². The van der Waals surface area contributed by atoms with E-state index in [2.05, 4.69) is 61.8 Å². The number of nitrogens with zero attached hydrogens (tertiary/aromatic N) is 3. The van der Waals surface area contributed by atoms with Crippen molar-refractivity contribution in [3.8, 4) is 5.88 Å². The Labute approximate surface area is 237 Å². The van der Waals surface area contributed by atoms with E-state index in [4.69, 9.17) is 4.74 Å². The number of ether oxygens (including phenoxy) is 1. The maximum Gasteiger partial charge on any atom is 0.323 e. The molecule has 1 aliphatic heterocycles. The summed E-state index contributed by atoms with van der Waals surface area (Å²) in [6, 6.07) is 20.9. The zero-order valence-corrected chi connectivity index (χ0v) is 23.0. The number of aliphatic hydroxyl groups excluding tert-OH is 1. The number of pyridine rings is 1. The van der Waals surface area contributed by atoms with Gasteiger partial charge in [0, 0.05) is 50.6 Å². The van der Waals surface area contributed by atoms with Crippen LogP contribution in [-0.4, -0.2) is 65.5 Å². The Bertz CT molecular complexity index is 1260. The molecule has 2 amide bonds. The quantitative estimate of drug-likeness (QED) is 0.338. The number of carbonyl (C=O) groups is 1. The molecule has 0 radical (unpaired) electrons. The summed E-state index contributed by atoms with van der Waals surface area (Å²) in [5, 5.41) is 15.6. The van der Waals surface area contributed by atoms with Gasteiger partial charge >= 0.3 is 6.03 Å². The van der Waals surface area contributed by atoms with Crippen molar-refractivity contribution < 1.29 is 16.1 Å². The van der Waals surface area contributed by atoms with Gasteiger partial charge in [-0.1, -0.05) is 24.3 Å². The molecule has 1 unspecified atom stereocenters. The molecule has 6 rings (SSSR count). The molecular weight excluding hydrogens is 502 g/mol. The first kappa shape index (κ1) is 26.6. The molecule has 212 valence electrons. The number of carbonyl (C=O) groups excluding carboxylic acids is 1. The lowest BCUT2D eigenvalue weighted by molar-refractivity contribution is 0.114. The summed E-state index contributed by atoms with van der Waals surface area (Å²) in [6.45, 7) is 2.81. The third-order valence-corrected chi connectivity index (χ3v) is 8.56. The fourth-order valence-corrected chi connectivity index (χ4v) is 6.55. The van der Waals surface area contributed by atoms with Gasteiger partial charge in [-0.25, -0.2) is 9.78 Å². The average Bonchev–Trinajstić information content (AvgIpc) is 3.74. The van der Waals surface area contributed by atoms with Crippen molar-refractivity contribution in [3.63, 3.8) is 0 Å². The minimum atomic E-state index is -0.308. The third-order valence-electron chi connectivity index (χ3n) is 8.56. The third kappa shape index (κ3) is 6.24. The van der Waals surface area contributed by atoms with Crippen molar-refractivity contribution in [1.29, 1.82) is 0 Å². The summed E-state index contributed by atoms with van der Waals surface area (Å²) in [6.07, 6.45) is 9.67. The normalized spacial score (nSPS) is 19.2.